The van der Waals surface area contributed by atoms with Crippen LogP contribution in [0.25, 0.3) is 10.9 Å². The minimum Gasteiger partial charge on any atom is -0.399 e. The van der Waals surface area contributed by atoms with Gasteiger partial charge in [-0.05, 0) is 37.0 Å². The van der Waals surface area contributed by atoms with Crippen molar-refractivity contribution in [3.63, 3.8) is 0 Å². The van der Waals surface area contributed by atoms with Gasteiger partial charge in [-0.2, -0.15) is 0 Å². The molecule has 1 aromatic carbocycles. The van der Waals surface area contributed by atoms with E-state index >= 15 is 0 Å². The maximum absolute atomic E-state index is 5.80. The molecule has 2 N–H and O–H groups in total. The van der Waals surface area contributed by atoms with Gasteiger partial charge in [-0.25, -0.2) is 9.97 Å². The fourth-order valence-corrected chi connectivity index (χ4v) is 2.69. The Morgan fingerprint density at radius 3 is 3.06 bits per heavy atom. The molecule has 94 valence electrons. The van der Waals surface area contributed by atoms with Gasteiger partial charge >= 0.3 is 0 Å². The predicted molar refractivity (Wildman–Crippen MR) is 74.6 cm³/mol. The summed E-state index contributed by atoms with van der Waals surface area (Å²) < 4.78 is 0. The Hall–Kier alpha value is -1.84. The van der Waals surface area contributed by atoms with Gasteiger partial charge < -0.3 is 10.6 Å². The average molecular weight is 242 g/mol. The fourth-order valence-electron chi connectivity index (χ4n) is 2.69. The number of piperidine rings is 1. The number of nitrogens with zero attached hydrogens (tertiary/aromatic N) is 3. The van der Waals surface area contributed by atoms with Crippen molar-refractivity contribution < 1.29 is 0 Å². The molecular formula is C14H18N4. The molecule has 1 aliphatic heterocycles. The highest BCUT2D eigenvalue weighted by atomic mass is 15.2. The van der Waals surface area contributed by atoms with Crippen LogP contribution >= 0.6 is 0 Å². The fraction of sp³-hybridized carbons (Fsp3) is 0.429. The molecule has 3 rings (SSSR count). The van der Waals surface area contributed by atoms with E-state index in [-0.39, 0.29) is 0 Å². The Labute approximate surface area is 107 Å². The van der Waals surface area contributed by atoms with Gasteiger partial charge in [0.15, 0.2) is 0 Å². The molecule has 1 aliphatic rings. The normalized spacial score (nSPS) is 20.3. The maximum Gasteiger partial charge on any atom is 0.139 e. The first-order chi connectivity index (χ1) is 8.74. The number of nitrogens with two attached hydrogens (primary N) is 1. The van der Waals surface area contributed by atoms with Gasteiger partial charge in [0.05, 0.1) is 5.52 Å². The van der Waals surface area contributed by atoms with Crippen LogP contribution < -0.4 is 10.6 Å². The minimum atomic E-state index is 0.734. The Morgan fingerprint density at radius 1 is 1.33 bits per heavy atom. The lowest BCUT2D eigenvalue weighted by Gasteiger charge is -2.32. The molecule has 1 fully saturated rings. The summed E-state index contributed by atoms with van der Waals surface area (Å²) in [5.74, 6) is 1.78. The van der Waals surface area contributed by atoms with Gasteiger partial charge in [-0.1, -0.05) is 6.92 Å². The number of hydrogen-bond donors (Lipinski definition) is 1. The SMILES string of the molecule is CC1CCCN(c2ncnc3cc(N)ccc23)C1. The van der Waals surface area contributed by atoms with Crippen molar-refractivity contribution in [3.8, 4) is 0 Å². The number of benzene rings is 1. The highest BCUT2D eigenvalue weighted by molar-refractivity contribution is 5.91. The summed E-state index contributed by atoms with van der Waals surface area (Å²) in [4.78, 5) is 11.1. The number of rotatable bonds is 1. The second-order valence-electron chi connectivity index (χ2n) is 5.17. The van der Waals surface area contributed by atoms with E-state index in [0.717, 1.165) is 41.4 Å². The van der Waals surface area contributed by atoms with E-state index in [2.05, 4.69) is 21.8 Å². The molecule has 0 aliphatic carbocycles. The van der Waals surface area contributed by atoms with Crippen molar-refractivity contribution in [2.75, 3.05) is 23.7 Å². The topological polar surface area (TPSA) is 55.0 Å². The molecule has 4 nitrogen and oxygen atoms in total. The van der Waals surface area contributed by atoms with E-state index < -0.39 is 0 Å². The van der Waals surface area contributed by atoms with Crippen LogP contribution in [-0.2, 0) is 0 Å². The lowest BCUT2D eigenvalue weighted by molar-refractivity contribution is 0.445. The number of aromatic nitrogens is 2. The van der Waals surface area contributed by atoms with E-state index in [9.17, 15) is 0 Å². The van der Waals surface area contributed by atoms with E-state index in [1.54, 1.807) is 6.33 Å². The standard InChI is InChI=1S/C14H18N4/c1-10-3-2-6-18(8-10)14-12-5-4-11(15)7-13(12)16-9-17-14/h4-5,7,9-10H,2-3,6,8,15H2,1H3. The van der Waals surface area contributed by atoms with Crippen LogP contribution in [0.4, 0.5) is 11.5 Å². The second kappa shape index (κ2) is 4.44. The molecule has 18 heavy (non-hydrogen) atoms. The number of fused-ring (bicyclic) bond motifs is 1. The van der Waals surface area contributed by atoms with Crippen LogP contribution in [0.3, 0.4) is 0 Å². The zero-order valence-corrected chi connectivity index (χ0v) is 10.6. The highest BCUT2D eigenvalue weighted by Crippen LogP contribution is 2.28. The molecule has 1 unspecified atom stereocenters. The summed E-state index contributed by atoms with van der Waals surface area (Å²) in [5.41, 5.74) is 7.48. The van der Waals surface area contributed by atoms with E-state index in [1.165, 1.54) is 12.8 Å². The van der Waals surface area contributed by atoms with Crippen molar-refractivity contribution in [1.29, 1.82) is 0 Å². The van der Waals surface area contributed by atoms with Gasteiger partial charge in [0.1, 0.15) is 12.1 Å². The number of nitrogen functional groups attached to an aromatic ring is 1. The summed E-state index contributed by atoms with van der Waals surface area (Å²) in [6.07, 6.45) is 4.18. The Morgan fingerprint density at radius 2 is 2.22 bits per heavy atom. The Kier molecular flexibility index (Phi) is 2.78. The molecule has 2 heterocycles. The summed E-state index contributed by atoms with van der Waals surface area (Å²) in [5, 5.41) is 1.10. The number of anilines is 2. The Balaban J connectivity index is 2.05. The van der Waals surface area contributed by atoms with Crippen molar-refractivity contribution in [3.05, 3.63) is 24.5 Å². The quantitative estimate of drug-likeness (QED) is 0.780. The largest absolute Gasteiger partial charge is 0.399 e. The first-order valence-electron chi connectivity index (χ1n) is 6.49. The van der Waals surface area contributed by atoms with Crippen LogP contribution in [0.5, 0.6) is 0 Å². The van der Waals surface area contributed by atoms with E-state index in [4.69, 9.17) is 5.73 Å². The van der Waals surface area contributed by atoms with E-state index in [0.29, 0.717) is 0 Å². The van der Waals surface area contributed by atoms with Crippen LogP contribution in [0.1, 0.15) is 19.8 Å². The van der Waals surface area contributed by atoms with Gasteiger partial charge in [0.25, 0.3) is 0 Å². The summed E-state index contributed by atoms with van der Waals surface area (Å²) >= 11 is 0. The third-order valence-corrected chi connectivity index (χ3v) is 3.60. The van der Waals surface area contributed by atoms with Gasteiger partial charge in [0, 0.05) is 24.2 Å². The molecule has 0 spiro atoms. The molecule has 0 saturated carbocycles. The van der Waals surface area contributed by atoms with E-state index in [1.807, 2.05) is 18.2 Å². The minimum absolute atomic E-state index is 0.734. The summed E-state index contributed by atoms with van der Waals surface area (Å²) in [7, 11) is 0. The van der Waals surface area contributed by atoms with Crippen molar-refractivity contribution in [2.45, 2.75) is 19.8 Å². The van der Waals surface area contributed by atoms with Crippen molar-refractivity contribution >= 4 is 22.4 Å². The second-order valence-corrected chi connectivity index (χ2v) is 5.17. The summed E-state index contributed by atoms with van der Waals surface area (Å²) in [6.45, 7) is 4.46. The van der Waals surface area contributed by atoms with Crippen molar-refractivity contribution in [1.82, 2.24) is 9.97 Å². The predicted octanol–water partition coefficient (Wildman–Crippen LogP) is 2.45. The monoisotopic (exact) mass is 242 g/mol. The van der Waals surface area contributed by atoms with Crippen LogP contribution in [0.2, 0.25) is 0 Å². The maximum atomic E-state index is 5.80. The third-order valence-electron chi connectivity index (χ3n) is 3.60. The smallest absolute Gasteiger partial charge is 0.139 e. The molecule has 0 radical (unpaired) electrons. The van der Waals surface area contributed by atoms with Crippen LogP contribution in [0.15, 0.2) is 24.5 Å². The number of hydrogen-bond acceptors (Lipinski definition) is 4. The lowest BCUT2D eigenvalue weighted by atomic mass is 10.00. The molecule has 0 amide bonds. The van der Waals surface area contributed by atoms with Crippen LogP contribution in [-0.4, -0.2) is 23.1 Å². The van der Waals surface area contributed by atoms with Crippen molar-refractivity contribution in [2.24, 2.45) is 5.92 Å². The van der Waals surface area contributed by atoms with Gasteiger partial charge in [-0.3, -0.25) is 0 Å². The molecule has 1 atom stereocenters. The third kappa shape index (κ3) is 1.98. The van der Waals surface area contributed by atoms with Gasteiger partial charge in [-0.15, -0.1) is 0 Å². The molecular weight excluding hydrogens is 224 g/mol. The van der Waals surface area contributed by atoms with Gasteiger partial charge in [0.2, 0.25) is 0 Å². The lowest BCUT2D eigenvalue weighted by Crippen LogP contribution is -2.34. The molecule has 0 bridgehead atoms. The first kappa shape index (κ1) is 11.3. The molecule has 1 saturated heterocycles. The molecule has 4 heteroatoms. The highest BCUT2D eigenvalue weighted by Gasteiger charge is 2.19. The zero-order chi connectivity index (χ0) is 12.5. The Bertz CT molecular complexity index is 567. The van der Waals surface area contributed by atoms with Crippen LogP contribution in [0, 0.1) is 5.92 Å². The first-order valence-corrected chi connectivity index (χ1v) is 6.49. The summed E-state index contributed by atoms with van der Waals surface area (Å²) in [6, 6.07) is 5.86. The molecule has 2 aromatic rings. The average Bonchev–Trinajstić information content (AvgIpc) is 2.37. The molecule has 1 aromatic heterocycles. The zero-order valence-electron chi connectivity index (χ0n) is 10.6.